The molecular weight excluding hydrogens is 243 g/mol. The number of hydrogen-bond acceptors (Lipinski definition) is 2. The van der Waals surface area contributed by atoms with Crippen LogP contribution in [0.5, 0.6) is 5.75 Å². The van der Waals surface area contributed by atoms with Crippen molar-refractivity contribution in [2.75, 3.05) is 6.61 Å². The van der Waals surface area contributed by atoms with Gasteiger partial charge in [0, 0.05) is 0 Å². The summed E-state index contributed by atoms with van der Waals surface area (Å²) in [6, 6.07) is 4.86. The summed E-state index contributed by atoms with van der Waals surface area (Å²) in [5, 5.41) is 8.72. The molecule has 1 saturated carbocycles. The molecule has 96 valence electrons. The Hall–Kier alpha value is -1.70. The first-order valence-electron chi connectivity index (χ1n) is 5.75. The minimum atomic E-state index is -4.50. The molecule has 1 fully saturated rings. The van der Waals surface area contributed by atoms with Crippen LogP contribution in [0.1, 0.15) is 30.4 Å². The van der Waals surface area contributed by atoms with Gasteiger partial charge in [0.1, 0.15) is 5.75 Å². The van der Waals surface area contributed by atoms with Gasteiger partial charge in [0.25, 0.3) is 0 Å². The van der Waals surface area contributed by atoms with Crippen molar-refractivity contribution >= 4 is 0 Å². The Kier molecular flexibility index (Phi) is 3.46. The van der Waals surface area contributed by atoms with Crippen LogP contribution in [0.4, 0.5) is 13.2 Å². The summed E-state index contributed by atoms with van der Waals surface area (Å²) in [5.74, 6) is 1.02. The van der Waals surface area contributed by atoms with Gasteiger partial charge in [0.05, 0.1) is 23.8 Å². The van der Waals surface area contributed by atoms with Crippen molar-refractivity contribution in [3.8, 4) is 11.8 Å². The van der Waals surface area contributed by atoms with Crippen molar-refractivity contribution in [1.82, 2.24) is 0 Å². The molecule has 0 unspecified atom stereocenters. The quantitative estimate of drug-likeness (QED) is 0.820. The molecule has 0 N–H and O–H groups in total. The number of rotatable bonds is 4. The van der Waals surface area contributed by atoms with Gasteiger partial charge < -0.3 is 4.74 Å². The van der Waals surface area contributed by atoms with Crippen LogP contribution in [-0.2, 0) is 6.18 Å². The van der Waals surface area contributed by atoms with Crippen molar-refractivity contribution in [2.24, 2.45) is 5.92 Å². The average molecular weight is 255 g/mol. The molecule has 2 rings (SSSR count). The summed E-state index contributed by atoms with van der Waals surface area (Å²) in [4.78, 5) is 0. The fourth-order valence-electron chi connectivity index (χ4n) is 1.70. The highest BCUT2D eigenvalue weighted by molar-refractivity contribution is 5.44. The average Bonchev–Trinajstić information content (AvgIpc) is 3.11. The summed E-state index contributed by atoms with van der Waals surface area (Å²) in [5.41, 5.74) is -1.31. The number of nitriles is 1. The molecule has 1 aliphatic rings. The Morgan fingerprint density at radius 3 is 2.61 bits per heavy atom. The van der Waals surface area contributed by atoms with Gasteiger partial charge in [-0.15, -0.1) is 0 Å². The molecule has 0 spiro atoms. The molecule has 18 heavy (non-hydrogen) atoms. The fourth-order valence-corrected chi connectivity index (χ4v) is 1.70. The summed E-state index contributed by atoms with van der Waals surface area (Å²) >= 11 is 0. The number of halogens is 3. The van der Waals surface area contributed by atoms with E-state index >= 15 is 0 Å². The van der Waals surface area contributed by atoms with Crippen LogP contribution in [0.2, 0.25) is 0 Å². The van der Waals surface area contributed by atoms with E-state index in [2.05, 4.69) is 0 Å². The van der Waals surface area contributed by atoms with Crippen molar-refractivity contribution < 1.29 is 17.9 Å². The van der Waals surface area contributed by atoms with Gasteiger partial charge in [-0.2, -0.15) is 18.4 Å². The zero-order valence-electron chi connectivity index (χ0n) is 9.63. The molecule has 5 heteroatoms. The fraction of sp³-hybridized carbons (Fsp3) is 0.462. The van der Waals surface area contributed by atoms with Gasteiger partial charge in [-0.3, -0.25) is 0 Å². The lowest BCUT2D eigenvalue weighted by atomic mass is 10.1. The highest BCUT2D eigenvalue weighted by atomic mass is 19.4. The lowest BCUT2D eigenvalue weighted by Gasteiger charge is -2.11. The van der Waals surface area contributed by atoms with Gasteiger partial charge >= 0.3 is 6.18 Å². The maximum Gasteiger partial charge on any atom is 0.417 e. The SMILES string of the molecule is N#Cc1cc(OCCC2CC2)ccc1C(F)(F)F. The van der Waals surface area contributed by atoms with E-state index in [0.29, 0.717) is 18.3 Å². The molecule has 0 aliphatic heterocycles. The monoisotopic (exact) mass is 255 g/mol. The summed E-state index contributed by atoms with van der Waals surface area (Å²) in [6.45, 7) is 0.487. The van der Waals surface area contributed by atoms with Crippen LogP contribution in [0.3, 0.4) is 0 Å². The highest BCUT2D eigenvalue weighted by Gasteiger charge is 2.33. The Morgan fingerprint density at radius 1 is 1.33 bits per heavy atom. The van der Waals surface area contributed by atoms with E-state index in [-0.39, 0.29) is 0 Å². The predicted octanol–water partition coefficient (Wildman–Crippen LogP) is 3.76. The number of ether oxygens (including phenoxy) is 1. The highest BCUT2D eigenvalue weighted by Crippen LogP contribution is 2.34. The smallest absolute Gasteiger partial charge is 0.417 e. The zero-order valence-corrected chi connectivity index (χ0v) is 9.63. The van der Waals surface area contributed by atoms with Gasteiger partial charge in [0.2, 0.25) is 0 Å². The van der Waals surface area contributed by atoms with Crippen molar-refractivity contribution in [2.45, 2.75) is 25.4 Å². The van der Waals surface area contributed by atoms with E-state index < -0.39 is 17.3 Å². The molecule has 0 amide bonds. The van der Waals surface area contributed by atoms with Crippen LogP contribution in [0, 0.1) is 17.2 Å². The van der Waals surface area contributed by atoms with Crippen molar-refractivity contribution in [1.29, 1.82) is 5.26 Å². The topological polar surface area (TPSA) is 33.0 Å². The number of benzene rings is 1. The normalized spacial score (nSPS) is 15.2. The van der Waals surface area contributed by atoms with Gasteiger partial charge in [0.15, 0.2) is 0 Å². The summed E-state index contributed by atoms with van der Waals surface area (Å²) in [6.07, 6.45) is -1.17. The maximum absolute atomic E-state index is 12.5. The molecule has 0 bridgehead atoms. The van der Waals surface area contributed by atoms with E-state index in [1.807, 2.05) is 0 Å². The molecule has 0 radical (unpaired) electrons. The second-order valence-corrected chi connectivity index (χ2v) is 4.40. The maximum atomic E-state index is 12.5. The van der Waals surface area contributed by atoms with E-state index in [1.165, 1.54) is 18.9 Å². The molecule has 1 aliphatic carbocycles. The molecule has 0 saturated heterocycles. The Labute approximate surface area is 103 Å². The lowest BCUT2D eigenvalue weighted by molar-refractivity contribution is -0.137. The van der Waals surface area contributed by atoms with Crippen LogP contribution >= 0.6 is 0 Å². The molecule has 1 aromatic rings. The third kappa shape index (κ3) is 3.16. The van der Waals surface area contributed by atoms with Crippen molar-refractivity contribution in [3.05, 3.63) is 29.3 Å². The number of alkyl halides is 3. The molecular formula is C13H12F3NO. The standard InChI is InChI=1S/C13H12F3NO/c14-13(15,16)12-4-3-11(7-10(12)8-17)18-6-5-9-1-2-9/h3-4,7,9H,1-2,5-6H2. The lowest BCUT2D eigenvalue weighted by Crippen LogP contribution is -2.08. The van der Waals surface area contributed by atoms with Crippen molar-refractivity contribution in [3.63, 3.8) is 0 Å². The van der Waals surface area contributed by atoms with E-state index in [0.717, 1.165) is 18.6 Å². The zero-order chi connectivity index (χ0) is 13.2. The third-order valence-corrected chi connectivity index (χ3v) is 2.91. The molecule has 0 aromatic heterocycles. The van der Waals surface area contributed by atoms with Crippen LogP contribution in [0.15, 0.2) is 18.2 Å². The first-order valence-corrected chi connectivity index (χ1v) is 5.75. The van der Waals surface area contributed by atoms with E-state index in [4.69, 9.17) is 10.00 Å². The Morgan fingerprint density at radius 2 is 2.06 bits per heavy atom. The third-order valence-electron chi connectivity index (χ3n) is 2.91. The van der Waals surface area contributed by atoms with Gasteiger partial charge in [-0.05, 0) is 30.5 Å². The first-order chi connectivity index (χ1) is 8.50. The number of nitrogens with zero attached hydrogens (tertiary/aromatic N) is 1. The molecule has 0 heterocycles. The predicted molar refractivity (Wildman–Crippen MR) is 59.0 cm³/mol. The van der Waals surface area contributed by atoms with E-state index in [1.54, 1.807) is 6.07 Å². The molecule has 2 nitrogen and oxygen atoms in total. The second kappa shape index (κ2) is 4.89. The van der Waals surface area contributed by atoms with Gasteiger partial charge in [-0.25, -0.2) is 0 Å². The minimum Gasteiger partial charge on any atom is -0.494 e. The minimum absolute atomic E-state index is 0.320. The van der Waals surface area contributed by atoms with Crippen LogP contribution < -0.4 is 4.74 Å². The number of hydrogen-bond donors (Lipinski definition) is 0. The summed E-state index contributed by atoms with van der Waals surface area (Å²) in [7, 11) is 0. The second-order valence-electron chi connectivity index (χ2n) is 4.40. The van der Waals surface area contributed by atoms with E-state index in [9.17, 15) is 13.2 Å². The first kappa shape index (κ1) is 12.7. The van der Waals surface area contributed by atoms with Gasteiger partial charge in [-0.1, -0.05) is 12.8 Å². The van der Waals surface area contributed by atoms with Crippen LogP contribution in [-0.4, -0.2) is 6.61 Å². The molecule has 0 atom stereocenters. The van der Waals surface area contributed by atoms with Crippen LogP contribution in [0.25, 0.3) is 0 Å². The molecule has 1 aromatic carbocycles. The largest absolute Gasteiger partial charge is 0.494 e. The summed E-state index contributed by atoms with van der Waals surface area (Å²) < 4.78 is 43.0. The Bertz CT molecular complexity index is 472. The Balaban J connectivity index is 2.06.